The van der Waals surface area contributed by atoms with Gasteiger partial charge in [-0.3, -0.25) is 4.68 Å². The Kier molecular flexibility index (Phi) is 6.23. The van der Waals surface area contributed by atoms with Crippen molar-refractivity contribution in [2.75, 3.05) is 13.2 Å². The molecule has 0 radical (unpaired) electrons. The van der Waals surface area contributed by atoms with Crippen LogP contribution in [0.1, 0.15) is 26.0 Å². The van der Waals surface area contributed by atoms with Gasteiger partial charge in [0.2, 0.25) is 0 Å². The zero-order valence-electron chi connectivity index (χ0n) is 11.1. The number of ether oxygens (including phenoxy) is 1. The number of nitrogens with zero attached hydrogens (tertiary/aromatic N) is 3. The normalized spacial score (nSPS) is 12.3. The number of hydrogen-bond acceptors (Lipinski definition) is 4. The molecule has 0 unspecified atom stereocenters. The molecule has 110 valence electrons. The molecule has 0 fully saturated rings. The Hall–Kier alpha value is -1.15. The zero-order valence-corrected chi connectivity index (χ0v) is 11.1. The number of rotatable bonds is 8. The van der Waals surface area contributed by atoms with Gasteiger partial charge in [-0.05, 0) is 6.42 Å². The lowest BCUT2D eigenvalue weighted by Gasteiger charge is -2.07. The minimum Gasteiger partial charge on any atom is -0.372 e. The summed E-state index contributed by atoms with van der Waals surface area (Å²) in [4.78, 5) is 0. The summed E-state index contributed by atoms with van der Waals surface area (Å²) in [7, 11) is 0. The third kappa shape index (κ3) is 7.78. The Bertz CT molecular complexity index is 365. The average Bonchev–Trinajstić information content (AvgIpc) is 2.72. The Labute approximate surface area is 110 Å². The molecule has 0 bridgehead atoms. The van der Waals surface area contributed by atoms with Crippen LogP contribution in [0.4, 0.5) is 13.2 Å². The highest BCUT2D eigenvalue weighted by Gasteiger charge is 2.27. The van der Waals surface area contributed by atoms with Gasteiger partial charge >= 0.3 is 6.18 Å². The van der Waals surface area contributed by atoms with Crippen LogP contribution in [0.2, 0.25) is 0 Å². The first kappa shape index (κ1) is 15.9. The van der Waals surface area contributed by atoms with Crippen molar-refractivity contribution in [2.45, 2.75) is 45.6 Å². The Morgan fingerprint density at radius 2 is 2.16 bits per heavy atom. The third-order valence-electron chi connectivity index (χ3n) is 2.22. The highest BCUT2D eigenvalue weighted by atomic mass is 19.4. The topological polar surface area (TPSA) is 52.0 Å². The molecule has 0 aliphatic rings. The monoisotopic (exact) mass is 280 g/mol. The second kappa shape index (κ2) is 7.44. The van der Waals surface area contributed by atoms with Gasteiger partial charge in [0.15, 0.2) is 0 Å². The first-order valence-electron chi connectivity index (χ1n) is 6.14. The zero-order chi connectivity index (χ0) is 14.3. The van der Waals surface area contributed by atoms with Gasteiger partial charge in [-0.2, -0.15) is 13.2 Å². The van der Waals surface area contributed by atoms with Gasteiger partial charge < -0.3 is 10.1 Å². The predicted molar refractivity (Wildman–Crippen MR) is 63.5 cm³/mol. The summed E-state index contributed by atoms with van der Waals surface area (Å²) in [6.07, 6.45) is -2.02. The molecule has 5 nitrogen and oxygen atoms in total. The van der Waals surface area contributed by atoms with Crippen LogP contribution < -0.4 is 5.32 Å². The van der Waals surface area contributed by atoms with Crippen molar-refractivity contribution in [3.63, 3.8) is 0 Å². The summed E-state index contributed by atoms with van der Waals surface area (Å²) in [5.74, 6) is 0. The van der Waals surface area contributed by atoms with Crippen LogP contribution in [0.5, 0.6) is 0 Å². The number of aryl methyl sites for hydroxylation is 1. The fraction of sp³-hybridized carbons (Fsp3) is 0.818. The van der Waals surface area contributed by atoms with E-state index in [0.29, 0.717) is 25.6 Å². The molecule has 1 heterocycles. The Balaban J connectivity index is 2.16. The molecular weight excluding hydrogens is 261 g/mol. The first-order valence-corrected chi connectivity index (χ1v) is 6.14. The van der Waals surface area contributed by atoms with Crippen molar-refractivity contribution in [1.82, 2.24) is 20.3 Å². The largest absolute Gasteiger partial charge is 0.411 e. The molecule has 19 heavy (non-hydrogen) atoms. The SMILES string of the molecule is CC(C)NCc1cn(CCCOCC(F)(F)F)nn1. The number of alkyl halides is 3. The molecule has 0 atom stereocenters. The van der Waals surface area contributed by atoms with E-state index in [1.54, 1.807) is 10.9 Å². The number of nitrogens with one attached hydrogen (secondary N) is 1. The first-order chi connectivity index (χ1) is 8.87. The van der Waals surface area contributed by atoms with Crippen molar-refractivity contribution in [3.05, 3.63) is 11.9 Å². The summed E-state index contributed by atoms with van der Waals surface area (Å²) < 4.78 is 41.5. The summed E-state index contributed by atoms with van der Waals surface area (Å²) >= 11 is 0. The molecule has 0 saturated heterocycles. The minimum absolute atomic E-state index is 0.0545. The van der Waals surface area contributed by atoms with Crippen LogP contribution >= 0.6 is 0 Å². The summed E-state index contributed by atoms with van der Waals surface area (Å²) in [5.41, 5.74) is 0.810. The highest BCUT2D eigenvalue weighted by Crippen LogP contribution is 2.14. The number of aromatic nitrogens is 3. The maximum atomic E-state index is 11.8. The third-order valence-corrected chi connectivity index (χ3v) is 2.22. The van der Waals surface area contributed by atoms with Crippen molar-refractivity contribution in [3.8, 4) is 0 Å². The van der Waals surface area contributed by atoms with E-state index in [2.05, 4.69) is 20.4 Å². The molecule has 1 aromatic rings. The van der Waals surface area contributed by atoms with E-state index in [9.17, 15) is 13.2 Å². The van der Waals surface area contributed by atoms with Crippen LogP contribution in [-0.4, -0.2) is 40.4 Å². The van der Waals surface area contributed by atoms with Gasteiger partial charge in [0.05, 0.1) is 5.69 Å². The van der Waals surface area contributed by atoms with Crippen LogP contribution in [0.15, 0.2) is 6.20 Å². The molecular formula is C11H19F3N4O. The summed E-state index contributed by atoms with van der Waals surface area (Å²) in [6, 6.07) is 0.362. The van der Waals surface area contributed by atoms with Gasteiger partial charge in [-0.15, -0.1) is 5.10 Å². The highest BCUT2D eigenvalue weighted by molar-refractivity contribution is 4.91. The maximum Gasteiger partial charge on any atom is 0.411 e. The van der Waals surface area contributed by atoms with Crippen molar-refractivity contribution in [2.24, 2.45) is 0 Å². The van der Waals surface area contributed by atoms with E-state index in [1.807, 2.05) is 13.8 Å². The second-order valence-corrected chi connectivity index (χ2v) is 4.53. The molecule has 1 N–H and O–H groups in total. The van der Waals surface area contributed by atoms with E-state index in [1.165, 1.54) is 0 Å². The van der Waals surface area contributed by atoms with Crippen molar-refractivity contribution in [1.29, 1.82) is 0 Å². The van der Waals surface area contributed by atoms with Crippen molar-refractivity contribution < 1.29 is 17.9 Å². The molecule has 0 saturated carbocycles. The summed E-state index contributed by atoms with van der Waals surface area (Å²) in [6.45, 7) is 4.03. The predicted octanol–water partition coefficient (Wildman–Crippen LogP) is 1.75. The molecule has 0 aromatic carbocycles. The van der Waals surface area contributed by atoms with Crippen LogP contribution in [-0.2, 0) is 17.8 Å². The molecule has 1 aromatic heterocycles. The van der Waals surface area contributed by atoms with E-state index in [0.717, 1.165) is 5.69 Å². The number of hydrogen-bond donors (Lipinski definition) is 1. The van der Waals surface area contributed by atoms with Gasteiger partial charge in [0, 0.05) is 31.9 Å². The van der Waals surface area contributed by atoms with E-state index >= 15 is 0 Å². The summed E-state index contributed by atoms with van der Waals surface area (Å²) in [5, 5.41) is 11.0. The molecule has 0 aliphatic carbocycles. The number of halogens is 3. The lowest BCUT2D eigenvalue weighted by Crippen LogP contribution is -2.21. The molecule has 1 rings (SSSR count). The standard InChI is InChI=1S/C11H19F3N4O/c1-9(2)15-6-10-7-18(17-16-10)4-3-5-19-8-11(12,13)14/h7,9,15H,3-6,8H2,1-2H3. The van der Waals surface area contributed by atoms with E-state index in [-0.39, 0.29) is 6.61 Å². The van der Waals surface area contributed by atoms with Crippen LogP contribution in [0.25, 0.3) is 0 Å². The average molecular weight is 280 g/mol. The van der Waals surface area contributed by atoms with Gasteiger partial charge in [-0.25, -0.2) is 0 Å². The lowest BCUT2D eigenvalue weighted by atomic mass is 10.3. The lowest BCUT2D eigenvalue weighted by molar-refractivity contribution is -0.174. The molecule has 0 spiro atoms. The van der Waals surface area contributed by atoms with Gasteiger partial charge in [0.25, 0.3) is 0 Å². The van der Waals surface area contributed by atoms with Crippen LogP contribution in [0.3, 0.4) is 0 Å². The fourth-order valence-corrected chi connectivity index (χ4v) is 1.35. The molecule has 0 amide bonds. The minimum atomic E-state index is -4.26. The Morgan fingerprint density at radius 1 is 1.42 bits per heavy atom. The van der Waals surface area contributed by atoms with Gasteiger partial charge in [0.1, 0.15) is 6.61 Å². The van der Waals surface area contributed by atoms with E-state index < -0.39 is 12.8 Å². The molecule has 8 heteroatoms. The quantitative estimate of drug-likeness (QED) is 0.737. The molecule has 0 aliphatic heterocycles. The Morgan fingerprint density at radius 3 is 2.79 bits per heavy atom. The smallest absolute Gasteiger partial charge is 0.372 e. The second-order valence-electron chi connectivity index (χ2n) is 4.53. The maximum absolute atomic E-state index is 11.8. The van der Waals surface area contributed by atoms with E-state index in [4.69, 9.17) is 0 Å². The van der Waals surface area contributed by atoms with Crippen LogP contribution in [0, 0.1) is 0 Å². The van der Waals surface area contributed by atoms with Crippen molar-refractivity contribution >= 4 is 0 Å². The van der Waals surface area contributed by atoms with Gasteiger partial charge in [-0.1, -0.05) is 19.1 Å². The fourth-order valence-electron chi connectivity index (χ4n) is 1.35.